The van der Waals surface area contributed by atoms with Crippen molar-refractivity contribution in [2.75, 3.05) is 31.6 Å². The lowest BCUT2D eigenvalue weighted by Crippen LogP contribution is -2.43. The molecule has 21 heavy (non-hydrogen) atoms. The number of hydrogen-bond acceptors (Lipinski definition) is 3. The first-order valence-electron chi connectivity index (χ1n) is 8.44. The highest BCUT2D eigenvalue weighted by Gasteiger charge is 2.25. The van der Waals surface area contributed by atoms with Crippen LogP contribution >= 0.6 is 0 Å². The second-order valence-corrected chi connectivity index (χ2v) is 6.95. The van der Waals surface area contributed by atoms with Crippen molar-refractivity contribution < 1.29 is 0 Å². The highest BCUT2D eigenvalue weighted by Crippen LogP contribution is 2.28. The standard InChI is InChI=1S/C18H29N3/c1-14-5-6-16(11-19)13-21(14)12-15-7-8-18-17(10-15)4-3-9-20(18)2/h7-8,10,14,16H,3-6,9,11-13,19H2,1-2H3. The fourth-order valence-corrected chi connectivity index (χ4v) is 3.85. The second-order valence-electron chi connectivity index (χ2n) is 6.95. The molecule has 1 fully saturated rings. The maximum absolute atomic E-state index is 5.88. The van der Waals surface area contributed by atoms with Gasteiger partial charge >= 0.3 is 0 Å². The van der Waals surface area contributed by atoms with Gasteiger partial charge in [0.1, 0.15) is 0 Å². The fraction of sp³-hybridized carbons (Fsp3) is 0.667. The molecule has 0 amide bonds. The van der Waals surface area contributed by atoms with E-state index in [9.17, 15) is 0 Å². The average Bonchev–Trinajstić information content (AvgIpc) is 2.50. The van der Waals surface area contributed by atoms with Crippen molar-refractivity contribution in [2.45, 2.75) is 45.2 Å². The summed E-state index contributed by atoms with van der Waals surface area (Å²) in [7, 11) is 2.20. The lowest BCUT2D eigenvalue weighted by atomic mass is 9.92. The molecule has 0 bridgehead atoms. The summed E-state index contributed by atoms with van der Waals surface area (Å²) in [5.41, 5.74) is 10.3. The van der Waals surface area contributed by atoms with Crippen LogP contribution in [0, 0.1) is 5.92 Å². The molecule has 2 aliphatic heterocycles. The summed E-state index contributed by atoms with van der Waals surface area (Å²) in [4.78, 5) is 5.01. The highest BCUT2D eigenvalue weighted by atomic mass is 15.2. The Bertz CT molecular complexity index is 485. The van der Waals surface area contributed by atoms with Crippen molar-refractivity contribution in [1.82, 2.24) is 4.90 Å². The first kappa shape index (κ1) is 14.9. The lowest BCUT2D eigenvalue weighted by Gasteiger charge is -2.38. The van der Waals surface area contributed by atoms with Crippen LogP contribution in [-0.4, -0.2) is 37.6 Å². The van der Waals surface area contributed by atoms with Gasteiger partial charge < -0.3 is 10.6 Å². The SMILES string of the molecule is CC1CCC(CN)CN1Cc1ccc2c(c1)CCCN2C. The van der Waals surface area contributed by atoms with Gasteiger partial charge in [0, 0.05) is 38.4 Å². The monoisotopic (exact) mass is 287 g/mol. The zero-order valence-corrected chi connectivity index (χ0v) is 13.5. The molecular formula is C18H29N3. The van der Waals surface area contributed by atoms with Crippen LogP contribution in [0.4, 0.5) is 5.69 Å². The van der Waals surface area contributed by atoms with Crippen LogP contribution < -0.4 is 10.6 Å². The Kier molecular flexibility index (Phi) is 4.51. The van der Waals surface area contributed by atoms with Crippen molar-refractivity contribution in [3.8, 4) is 0 Å². The van der Waals surface area contributed by atoms with Crippen LogP contribution in [0.2, 0.25) is 0 Å². The molecule has 2 atom stereocenters. The molecule has 2 unspecified atom stereocenters. The van der Waals surface area contributed by atoms with Crippen molar-refractivity contribution in [2.24, 2.45) is 11.7 Å². The number of nitrogens with zero attached hydrogens (tertiary/aromatic N) is 2. The van der Waals surface area contributed by atoms with Gasteiger partial charge in [-0.25, -0.2) is 0 Å². The molecule has 0 aliphatic carbocycles. The molecular weight excluding hydrogens is 258 g/mol. The second kappa shape index (κ2) is 6.37. The summed E-state index contributed by atoms with van der Waals surface area (Å²) >= 11 is 0. The van der Waals surface area contributed by atoms with Gasteiger partial charge in [0.05, 0.1) is 0 Å². The van der Waals surface area contributed by atoms with Crippen LogP contribution in [0.25, 0.3) is 0 Å². The molecule has 3 rings (SSSR count). The highest BCUT2D eigenvalue weighted by molar-refractivity contribution is 5.56. The van der Waals surface area contributed by atoms with Crippen molar-refractivity contribution in [3.63, 3.8) is 0 Å². The van der Waals surface area contributed by atoms with E-state index in [1.807, 2.05) is 0 Å². The first-order valence-corrected chi connectivity index (χ1v) is 8.44. The Morgan fingerprint density at radius 2 is 2.14 bits per heavy atom. The van der Waals surface area contributed by atoms with Crippen molar-refractivity contribution >= 4 is 5.69 Å². The molecule has 1 aromatic carbocycles. The largest absolute Gasteiger partial charge is 0.374 e. The van der Waals surface area contributed by atoms with Gasteiger partial charge in [-0.3, -0.25) is 4.90 Å². The molecule has 1 aromatic rings. The number of hydrogen-bond donors (Lipinski definition) is 1. The normalized spacial score (nSPS) is 26.7. The summed E-state index contributed by atoms with van der Waals surface area (Å²) in [5.74, 6) is 0.685. The van der Waals surface area contributed by atoms with Crippen LogP contribution in [0.5, 0.6) is 0 Å². The molecule has 3 heteroatoms. The minimum atomic E-state index is 0.685. The number of piperidine rings is 1. The van der Waals surface area contributed by atoms with Gasteiger partial charge in [0.2, 0.25) is 0 Å². The smallest absolute Gasteiger partial charge is 0.0396 e. The van der Waals surface area contributed by atoms with E-state index in [-0.39, 0.29) is 0 Å². The van der Waals surface area contributed by atoms with Crippen LogP contribution in [0.15, 0.2) is 18.2 Å². The summed E-state index contributed by atoms with van der Waals surface area (Å²) in [6.45, 7) is 6.62. The van der Waals surface area contributed by atoms with Gasteiger partial charge in [0.15, 0.2) is 0 Å². The third kappa shape index (κ3) is 3.24. The predicted molar refractivity (Wildman–Crippen MR) is 89.7 cm³/mol. The maximum atomic E-state index is 5.88. The Morgan fingerprint density at radius 1 is 1.29 bits per heavy atom. The molecule has 2 aliphatic rings. The number of nitrogens with two attached hydrogens (primary N) is 1. The van der Waals surface area contributed by atoms with E-state index in [0.29, 0.717) is 12.0 Å². The molecule has 0 spiro atoms. The van der Waals surface area contributed by atoms with Crippen LogP contribution in [0.1, 0.15) is 37.3 Å². The zero-order chi connectivity index (χ0) is 14.8. The van der Waals surface area contributed by atoms with Gasteiger partial charge in [0.25, 0.3) is 0 Å². The summed E-state index contributed by atoms with van der Waals surface area (Å²) in [5, 5.41) is 0. The van der Waals surface area contributed by atoms with E-state index in [0.717, 1.165) is 19.6 Å². The predicted octanol–water partition coefficient (Wildman–Crippen LogP) is 2.63. The molecule has 0 radical (unpaired) electrons. The summed E-state index contributed by atoms with van der Waals surface area (Å²) in [6.07, 6.45) is 5.09. The van der Waals surface area contributed by atoms with Crippen molar-refractivity contribution in [1.29, 1.82) is 0 Å². The molecule has 0 saturated carbocycles. The van der Waals surface area contributed by atoms with E-state index in [2.05, 4.69) is 42.0 Å². The van der Waals surface area contributed by atoms with E-state index in [1.54, 1.807) is 0 Å². The van der Waals surface area contributed by atoms with Gasteiger partial charge in [-0.05, 0) is 62.3 Å². The maximum Gasteiger partial charge on any atom is 0.0396 e. The Labute approximate surface area is 129 Å². The Morgan fingerprint density at radius 3 is 2.95 bits per heavy atom. The van der Waals surface area contributed by atoms with Crippen molar-refractivity contribution in [3.05, 3.63) is 29.3 Å². The molecule has 3 nitrogen and oxygen atoms in total. The van der Waals surface area contributed by atoms with Gasteiger partial charge in [-0.15, -0.1) is 0 Å². The quantitative estimate of drug-likeness (QED) is 0.927. The number of anilines is 1. The first-order chi connectivity index (χ1) is 10.2. The summed E-state index contributed by atoms with van der Waals surface area (Å²) < 4.78 is 0. The van der Waals surface area contributed by atoms with Crippen LogP contribution in [-0.2, 0) is 13.0 Å². The Hall–Kier alpha value is -1.06. The molecule has 0 aromatic heterocycles. The van der Waals surface area contributed by atoms with E-state index in [4.69, 9.17) is 5.73 Å². The number of rotatable bonds is 3. The number of likely N-dealkylation sites (tertiary alicyclic amines) is 1. The minimum absolute atomic E-state index is 0.685. The molecule has 116 valence electrons. The summed E-state index contributed by atoms with van der Waals surface area (Å²) in [6, 6.07) is 7.76. The lowest BCUT2D eigenvalue weighted by molar-refractivity contribution is 0.113. The number of benzene rings is 1. The molecule has 2 N–H and O–H groups in total. The third-order valence-electron chi connectivity index (χ3n) is 5.32. The Balaban J connectivity index is 1.72. The fourth-order valence-electron chi connectivity index (χ4n) is 3.85. The third-order valence-corrected chi connectivity index (χ3v) is 5.32. The van der Waals surface area contributed by atoms with Gasteiger partial charge in [-0.2, -0.15) is 0 Å². The molecule has 2 heterocycles. The van der Waals surface area contributed by atoms with E-state index >= 15 is 0 Å². The van der Waals surface area contributed by atoms with E-state index in [1.165, 1.54) is 49.0 Å². The number of aryl methyl sites for hydroxylation is 1. The number of fused-ring (bicyclic) bond motifs is 1. The zero-order valence-electron chi connectivity index (χ0n) is 13.5. The van der Waals surface area contributed by atoms with E-state index < -0.39 is 0 Å². The topological polar surface area (TPSA) is 32.5 Å². The molecule has 1 saturated heterocycles. The van der Waals surface area contributed by atoms with Crippen LogP contribution in [0.3, 0.4) is 0 Å². The van der Waals surface area contributed by atoms with Gasteiger partial charge in [-0.1, -0.05) is 12.1 Å². The minimum Gasteiger partial charge on any atom is -0.374 e. The average molecular weight is 287 g/mol.